The summed E-state index contributed by atoms with van der Waals surface area (Å²) in [5.74, 6) is 1.14. The molecule has 1 atom stereocenters. The fourth-order valence-electron chi connectivity index (χ4n) is 4.17. The Bertz CT molecular complexity index is 1290. The van der Waals surface area contributed by atoms with Gasteiger partial charge in [-0.3, -0.25) is 4.57 Å². The summed E-state index contributed by atoms with van der Waals surface area (Å²) in [5.41, 5.74) is 1.75. The lowest BCUT2D eigenvalue weighted by Crippen LogP contribution is -2.44. The van der Waals surface area contributed by atoms with Crippen molar-refractivity contribution in [1.29, 1.82) is 0 Å². The van der Waals surface area contributed by atoms with Crippen LogP contribution in [0.1, 0.15) is 31.3 Å². The third-order valence-electron chi connectivity index (χ3n) is 6.10. The maximum atomic E-state index is 13.0. The van der Waals surface area contributed by atoms with Gasteiger partial charge in [-0.1, -0.05) is 27.1 Å². The number of likely N-dealkylation sites (N-methyl/N-ethyl adjacent to an activating group) is 1. The Hall–Kier alpha value is -2.47. The molecule has 0 unspecified atom stereocenters. The second-order valence-electron chi connectivity index (χ2n) is 8.73. The molecule has 3 aromatic rings. The molecule has 0 amide bonds. The molecule has 0 radical (unpaired) electrons. The number of rotatable bonds is 8. The average Bonchev–Trinajstić information content (AvgIpc) is 3.22. The van der Waals surface area contributed by atoms with Crippen molar-refractivity contribution in [2.75, 3.05) is 38.1 Å². The molecule has 1 aromatic heterocycles. The first-order valence-electron chi connectivity index (χ1n) is 11.6. The number of anilines is 1. The van der Waals surface area contributed by atoms with Crippen LogP contribution in [-0.2, 0) is 16.6 Å². The van der Waals surface area contributed by atoms with Crippen molar-refractivity contribution < 1.29 is 13.2 Å². The lowest BCUT2D eigenvalue weighted by Gasteiger charge is -2.34. The van der Waals surface area contributed by atoms with Crippen LogP contribution in [0.4, 0.5) is 5.69 Å². The van der Waals surface area contributed by atoms with Crippen LogP contribution in [-0.4, -0.2) is 61.3 Å². The quantitative estimate of drug-likeness (QED) is 0.444. The van der Waals surface area contributed by atoms with Crippen molar-refractivity contribution in [3.8, 4) is 11.8 Å². The zero-order valence-corrected chi connectivity index (χ0v) is 22.8. The van der Waals surface area contributed by atoms with Crippen molar-refractivity contribution >= 4 is 31.6 Å². The summed E-state index contributed by atoms with van der Waals surface area (Å²) < 4.78 is 37.5. The molecule has 9 nitrogen and oxygen atoms in total. The molecule has 4 rings (SSSR count). The van der Waals surface area contributed by atoms with Crippen molar-refractivity contribution in [2.45, 2.75) is 38.3 Å². The van der Waals surface area contributed by atoms with Gasteiger partial charge < -0.3 is 14.5 Å². The van der Waals surface area contributed by atoms with Gasteiger partial charge in [-0.15, -0.1) is 5.10 Å². The molecule has 2 heterocycles. The van der Waals surface area contributed by atoms with Crippen molar-refractivity contribution in [3.63, 3.8) is 0 Å². The van der Waals surface area contributed by atoms with Gasteiger partial charge in [0.2, 0.25) is 10.0 Å². The molecule has 1 aliphatic rings. The molecule has 0 saturated carbocycles. The third kappa shape index (κ3) is 5.85. The summed E-state index contributed by atoms with van der Waals surface area (Å²) in [5, 5.41) is 8.47. The second kappa shape index (κ2) is 10.7. The Labute approximate surface area is 215 Å². The number of nitrogens with zero attached hydrogens (tertiary/aromatic N) is 5. The molecule has 35 heavy (non-hydrogen) atoms. The van der Waals surface area contributed by atoms with E-state index in [9.17, 15) is 8.42 Å². The maximum Gasteiger partial charge on any atom is 0.322 e. The molecule has 188 valence electrons. The summed E-state index contributed by atoms with van der Waals surface area (Å²) in [6.45, 7) is 9.95. The van der Waals surface area contributed by atoms with E-state index in [0.29, 0.717) is 29.7 Å². The van der Waals surface area contributed by atoms with Gasteiger partial charge in [0.15, 0.2) is 5.82 Å². The van der Waals surface area contributed by atoms with E-state index in [1.165, 1.54) is 0 Å². The van der Waals surface area contributed by atoms with E-state index in [0.717, 1.165) is 36.3 Å². The van der Waals surface area contributed by atoms with Crippen LogP contribution in [0.5, 0.6) is 11.8 Å². The van der Waals surface area contributed by atoms with E-state index in [-0.39, 0.29) is 4.90 Å². The molecule has 0 bridgehead atoms. The predicted molar refractivity (Wildman–Crippen MR) is 140 cm³/mol. The standard InChI is InChI=1S/C24H31BrN6O3S/c1-5-31-23(18(3)28-35(32,33)22-10-9-19(25)15-17(22)2)26-27-24(31)34-21-8-6-7-20(16-21)30-13-11-29(4)12-14-30/h6-10,15-16,18,28H,5,11-14H2,1-4H3/t18-/m1/s1. The highest BCUT2D eigenvalue weighted by Crippen LogP contribution is 2.28. The zero-order chi connectivity index (χ0) is 25.2. The van der Waals surface area contributed by atoms with Gasteiger partial charge in [-0.2, -0.15) is 0 Å². The second-order valence-corrected chi connectivity index (χ2v) is 11.3. The summed E-state index contributed by atoms with van der Waals surface area (Å²) in [7, 11) is -1.62. The highest BCUT2D eigenvalue weighted by atomic mass is 79.9. The van der Waals surface area contributed by atoms with Gasteiger partial charge in [0.05, 0.1) is 10.9 Å². The molecule has 2 aromatic carbocycles. The highest BCUT2D eigenvalue weighted by Gasteiger charge is 2.25. The third-order valence-corrected chi connectivity index (χ3v) is 8.30. The van der Waals surface area contributed by atoms with Crippen LogP contribution in [0.3, 0.4) is 0 Å². The van der Waals surface area contributed by atoms with Crippen LogP contribution in [0.25, 0.3) is 0 Å². The van der Waals surface area contributed by atoms with Crippen molar-refractivity contribution in [3.05, 3.63) is 58.3 Å². The van der Waals surface area contributed by atoms with Crippen molar-refractivity contribution in [1.82, 2.24) is 24.4 Å². The summed E-state index contributed by atoms with van der Waals surface area (Å²) in [4.78, 5) is 4.88. The molecule has 0 aliphatic carbocycles. The van der Waals surface area contributed by atoms with Gasteiger partial charge in [0, 0.05) is 49.0 Å². The first kappa shape index (κ1) is 25.6. The minimum atomic E-state index is -3.75. The average molecular weight is 564 g/mol. The Balaban J connectivity index is 1.52. The Kier molecular flexibility index (Phi) is 7.80. The molecular weight excluding hydrogens is 532 g/mol. The van der Waals surface area contributed by atoms with Crippen LogP contribution >= 0.6 is 15.9 Å². The van der Waals surface area contributed by atoms with E-state index in [4.69, 9.17) is 4.74 Å². The number of aromatic nitrogens is 3. The number of halogens is 1. The normalized spacial score (nSPS) is 15.9. The SMILES string of the molecule is CCn1c(Oc2cccc(N3CCN(C)CC3)c2)nnc1[C@@H](C)NS(=O)(=O)c1ccc(Br)cc1C. The van der Waals surface area contributed by atoms with E-state index in [1.807, 2.05) is 25.1 Å². The van der Waals surface area contributed by atoms with Crippen LogP contribution < -0.4 is 14.4 Å². The Morgan fingerprint density at radius 2 is 1.86 bits per heavy atom. The zero-order valence-electron chi connectivity index (χ0n) is 20.4. The predicted octanol–water partition coefficient (Wildman–Crippen LogP) is 3.95. The minimum Gasteiger partial charge on any atom is -0.424 e. The first-order chi connectivity index (χ1) is 16.7. The molecule has 0 spiro atoms. The number of aryl methyl sites for hydroxylation is 1. The number of hydrogen-bond acceptors (Lipinski definition) is 7. The largest absolute Gasteiger partial charge is 0.424 e. The van der Waals surface area contributed by atoms with E-state index in [2.05, 4.69) is 53.8 Å². The number of piperazine rings is 1. The molecule has 1 aliphatic heterocycles. The number of nitrogens with one attached hydrogen (secondary N) is 1. The molecule has 11 heteroatoms. The van der Waals surface area contributed by atoms with Gasteiger partial charge >= 0.3 is 6.01 Å². The smallest absolute Gasteiger partial charge is 0.322 e. The minimum absolute atomic E-state index is 0.229. The van der Waals surface area contributed by atoms with Crippen molar-refractivity contribution in [2.24, 2.45) is 0 Å². The van der Waals surface area contributed by atoms with E-state index < -0.39 is 16.1 Å². The Morgan fingerprint density at radius 3 is 2.54 bits per heavy atom. The number of benzene rings is 2. The number of hydrogen-bond donors (Lipinski definition) is 1. The monoisotopic (exact) mass is 562 g/mol. The van der Waals surface area contributed by atoms with Gasteiger partial charge in [0.1, 0.15) is 5.75 Å². The lowest BCUT2D eigenvalue weighted by molar-refractivity contribution is 0.312. The fraction of sp³-hybridized carbons (Fsp3) is 0.417. The Morgan fingerprint density at radius 1 is 1.11 bits per heavy atom. The number of sulfonamides is 1. The molecule has 1 saturated heterocycles. The highest BCUT2D eigenvalue weighted by molar-refractivity contribution is 9.10. The lowest BCUT2D eigenvalue weighted by atomic mass is 10.2. The van der Waals surface area contributed by atoms with Crippen LogP contribution in [0.15, 0.2) is 51.8 Å². The first-order valence-corrected chi connectivity index (χ1v) is 13.9. The number of ether oxygens (including phenoxy) is 1. The summed E-state index contributed by atoms with van der Waals surface area (Å²) in [6, 6.07) is 12.7. The van der Waals surface area contributed by atoms with E-state index >= 15 is 0 Å². The molecule has 1 N–H and O–H groups in total. The van der Waals surface area contributed by atoms with E-state index in [1.54, 1.807) is 36.6 Å². The molecular formula is C24H31BrN6O3S. The summed E-state index contributed by atoms with van der Waals surface area (Å²) in [6.07, 6.45) is 0. The van der Waals surface area contributed by atoms with Crippen LogP contribution in [0, 0.1) is 6.92 Å². The topological polar surface area (TPSA) is 92.6 Å². The van der Waals surface area contributed by atoms with Crippen LogP contribution in [0.2, 0.25) is 0 Å². The molecule has 1 fully saturated rings. The van der Waals surface area contributed by atoms with Gasteiger partial charge in [-0.25, -0.2) is 13.1 Å². The van der Waals surface area contributed by atoms with Gasteiger partial charge in [0.25, 0.3) is 0 Å². The fourth-order valence-corrected chi connectivity index (χ4v) is 6.07. The maximum absolute atomic E-state index is 13.0. The van der Waals surface area contributed by atoms with Gasteiger partial charge in [-0.05, 0) is 63.7 Å². The summed E-state index contributed by atoms with van der Waals surface area (Å²) >= 11 is 3.37.